The third-order valence-electron chi connectivity index (χ3n) is 4.76. The van der Waals surface area contributed by atoms with Gasteiger partial charge in [-0.15, -0.1) is 0 Å². The minimum atomic E-state index is -0.162. The molecule has 0 aliphatic heterocycles. The van der Waals surface area contributed by atoms with Crippen molar-refractivity contribution < 1.29 is 4.39 Å². The Balaban J connectivity index is 3.33. The second-order valence-electron chi connectivity index (χ2n) is 6.78. The summed E-state index contributed by atoms with van der Waals surface area (Å²) in [6.45, 7) is 15.8. The molecule has 0 spiro atoms. The van der Waals surface area contributed by atoms with Crippen molar-refractivity contribution in [3.05, 3.63) is 70.6 Å². The third-order valence-corrected chi connectivity index (χ3v) is 5.19. The summed E-state index contributed by atoms with van der Waals surface area (Å²) in [7, 11) is 0. The maximum absolute atomic E-state index is 14.6. The van der Waals surface area contributed by atoms with Gasteiger partial charge in [-0.05, 0) is 58.6 Å². The average Bonchev–Trinajstić information content (AvgIpc) is 3.02. The molecule has 0 aliphatic carbocycles. The van der Waals surface area contributed by atoms with Gasteiger partial charge in [-0.3, -0.25) is 0 Å². The molecule has 148 valence electrons. The Morgan fingerprint density at radius 3 is 2.59 bits per heavy atom. The van der Waals surface area contributed by atoms with E-state index in [2.05, 4.69) is 18.5 Å². The van der Waals surface area contributed by atoms with Crippen molar-refractivity contribution in [2.45, 2.75) is 66.8 Å². The van der Waals surface area contributed by atoms with Gasteiger partial charge in [0.1, 0.15) is 5.83 Å². The summed E-state index contributed by atoms with van der Waals surface area (Å²) in [5.41, 5.74) is 4.67. The Labute approximate surface area is 168 Å². The Kier molecular flexibility index (Phi) is 9.51. The van der Waals surface area contributed by atoms with E-state index >= 15 is 0 Å². The molecule has 0 saturated heterocycles. The van der Waals surface area contributed by atoms with Crippen molar-refractivity contribution in [3.8, 4) is 0 Å². The van der Waals surface area contributed by atoms with Crippen LogP contribution in [0.2, 0.25) is 0 Å². The van der Waals surface area contributed by atoms with Crippen molar-refractivity contribution in [2.24, 2.45) is 0 Å². The summed E-state index contributed by atoms with van der Waals surface area (Å²) >= 11 is 6.37. The third kappa shape index (κ3) is 6.07. The van der Waals surface area contributed by atoms with Gasteiger partial charge in [0.15, 0.2) is 0 Å². The van der Waals surface area contributed by atoms with Gasteiger partial charge in [0.05, 0.1) is 18.1 Å². The molecular formula is C23H32ClFN2. The van der Waals surface area contributed by atoms with E-state index in [1.165, 1.54) is 0 Å². The number of imidazole rings is 1. The van der Waals surface area contributed by atoms with Crippen LogP contribution in [0.3, 0.4) is 0 Å². The maximum Gasteiger partial charge on any atom is 0.105 e. The van der Waals surface area contributed by atoms with Crippen LogP contribution in [0.1, 0.15) is 71.3 Å². The fourth-order valence-electron chi connectivity index (χ4n) is 2.89. The predicted octanol–water partition coefficient (Wildman–Crippen LogP) is 7.84. The lowest BCUT2D eigenvalue weighted by molar-refractivity contribution is 0.533. The molecule has 0 bridgehead atoms. The molecule has 0 amide bonds. The van der Waals surface area contributed by atoms with E-state index in [0.29, 0.717) is 12.0 Å². The molecule has 0 fully saturated rings. The molecule has 1 aromatic rings. The van der Waals surface area contributed by atoms with Crippen LogP contribution in [-0.4, -0.2) is 9.55 Å². The molecule has 1 aromatic heterocycles. The Morgan fingerprint density at radius 2 is 2.04 bits per heavy atom. The molecule has 0 N–H and O–H groups in total. The van der Waals surface area contributed by atoms with Crippen LogP contribution >= 0.6 is 11.6 Å². The van der Waals surface area contributed by atoms with E-state index in [-0.39, 0.29) is 11.9 Å². The van der Waals surface area contributed by atoms with Crippen molar-refractivity contribution in [2.75, 3.05) is 0 Å². The fraction of sp³-hybridized carbons (Fsp3) is 0.435. The first kappa shape index (κ1) is 23.2. The highest BCUT2D eigenvalue weighted by Crippen LogP contribution is 2.29. The van der Waals surface area contributed by atoms with E-state index in [4.69, 9.17) is 11.6 Å². The summed E-state index contributed by atoms with van der Waals surface area (Å²) < 4.78 is 16.7. The van der Waals surface area contributed by atoms with Gasteiger partial charge >= 0.3 is 0 Å². The van der Waals surface area contributed by atoms with Crippen molar-refractivity contribution in [1.82, 2.24) is 9.55 Å². The van der Waals surface area contributed by atoms with Gasteiger partial charge in [0, 0.05) is 16.3 Å². The lowest BCUT2D eigenvalue weighted by Gasteiger charge is -2.18. The summed E-state index contributed by atoms with van der Waals surface area (Å²) in [6.07, 6.45) is 11.1. The monoisotopic (exact) mass is 390 g/mol. The molecule has 1 atom stereocenters. The van der Waals surface area contributed by atoms with Gasteiger partial charge in [0.2, 0.25) is 0 Å². The van der Waals surface area contributed by atoms with E-state index in [9.17, 15) is 4.39 Å². The molecule has 1 rings (SSSR count). The molecule has 0 aliphatic rings. The Hall–Kier alpha value is -1.87. The molecule has 0 radical (unpaired) electrons. The van der Waals surface area contributed by atoms with Crippen LogP contribution in [0.25, 0.3) is 5.57 Å². The zero-order valence-electron chi connectivity index (χ0n) is 17.4. The second kappa shape index (κ2) is 11.1. The number of rotatable bonds is 9. The number of hydrogen-bond acceptors (Lipinski definition) is 1. The van der Waals surface area contributed by atoms with Gasteiger partial charge < -0.3 is 4.57 Å². The lowest BCUT2D eigenvalue weighted by Crippen LogP contribution is -2.09. The minimum Gasteiger partial charge on any atom is -0.327 e. The summed E-state index contributed by atoms with van der Waals surface area (Å²) in [4.78, 5) is 4.57. The topological polar surface area (TPSA) is 17.8 Å². The summed E-state index contributed by atoms with van der Waals surface area (Å²) in [5, 5.41) is 0.750. The number of aromatic nitrogens is 2. The van der Waals surface area contributed by atoms with E-state index in [0.717, 1.165) is 40.4 Å². The standard InChI is InChI=1S/C23H32ClFN2/c1-8-11-13-20(22(25)12-9-2)18(6)27-15-26-23(19(27)7)17(5)14-21(24)16(4)10-3/h8,11,13-15,18H,1,9-10,12H2,2-7H3/b13-11-,17-14-,21-16-,22-20-. The van der Waals surface area contributed by atoms with E-state index in [1.54, 1.807) is 24.6 Å². The molecule has 1 heterocycles. The highest BCUT2D eigenvalue weighted by atomic mass is 35.5. The van der Waals surface area contributed by atoms with Crippen LogP contribution in [-0.2, 0) is 0 Å². The van der Waals surface area contributed by atoms with Crippen LogP contribution in [0.5, 0.6) is 0 Å². The average molecular weight is 391 g/mol. The molecule has 0 aromatic carbocycles. The lowest BCUT2D eigenvalue weighted by atomic mass is 10.0. The van der Waals surface area contributed by atoms with Gasteiger partial charge in [-0.1, -0.05) is 55.8 Å². The maximum atomic E-state index is 14.6. The Morgan fingerprint density at radius 1 is 1.37 bits per heavy atom. The number of allylic oxidation sites excluding steroid dienone is 9. The van der Waals surface area contributed by atoms with Crippen molar-refractivity contribution >= 4 is 17.2 Å². The highest BCUT2D eigenvalue weighted by Gasteiger charge is 2.18. The van der Waals surface area contributed by atoms with Gasteiger partial charge in [-0.25, -0.2) is 9.37 Å². The first-order valence-electron chi connectivity index (χ1n) is 9.53. The minimum absolute atomic E-state index is 0.0884. The first-order chi connectivity index (χ1) is 12.8. The zero-order chi connectivity index (χ0) is 20.6. The number of halogens is 2. The number of hydrogen-bond donors (Lipinski definition) is 0. The second-order valence-corrected chi connectivity index (χ2v) is 7.18. The quantitative estimate of drug-likeness (QED) is 0.392. The summed E-state index contributed by atoms with van der Waals surface area (Å²) in [6, 6.07) is -0.162. The van der Waals surface area contributed by atoms with Crippen LogP contribution < -0.4 is 0 Å². The van der Waals surface area contributed by atoms with Crippen LogP contribution in [0.15, 0.2) is 59.2 Å². The van der Waals surface area contributed by atoms with E-state index < -0.39 is 0 Å². The smallest absolute Gasteiger partial charge is 0.105 e. The Bertz CT molecular complexity index is 778. The molecule has 4 heteroatoms. The van der Waals surface area contributed by atoms with Gasteiger partial charge in [-0.2, -0.15) is 0 Å². The normalized spacial score (nSPS) is 15.6. The van der Waals surface area contributed by atoms with Crippen LogP contribution in [0.4, 0.5) is 4.39 Å². The summed E-state index contributed by atoms with van der Waals surface area (Å²) in [5.74, 6) is -0.0884. The zero-order valence-corrected chi connectivity index (χ0v) is 18.2. The fourth-order valence-corrected chi connectivity index (χ4v) is 3.19. The highest BCUT2D eigenvalue weighted by molar-refractivity contribution is 6.32. The van der Waals surface area contributed by atoms with Gasteiger partial charge in [0.25, 0.3) is 0 Å². The molecular weight excluding hydrogens is 359 g/mol. The largest absolute Gasteiger partial charge is 0.327 e. The molecule has 2 nitrogen and oxygen atoms in total. The van der Waals surface area contributed by atoms with Crippen molar-refractivity contribution in [3.63, 3.8) is 0 Å². The molecule has 0 saturated carbocycles. The molecule has 1 unspecified atom stereocenters. The van der Waals surface area contributed by atoms with Crippen LogP contribution in [0, 0.1) is 6.92 Å². The number of nitrogens with zero attached hydrogens (tertiary/aromatic N) is 2. The first-order valence-corrected chi connectivity index (χ1v) is 9.91. The SMILES string of the molecule is C=C/C=C\C(=C(\F)CCC)C(C)n1cnc(/C(C)=C\C(Cl)=C(/C)CC)c1C. The predicted molar refractivity (Wildman–Crippen MR) is 117 cm³/mol. The van der Waals surface area contributed by atoms with Crippen molar-refractivity contribution in [1.29, 1.82) is 0 Å². The van der Waals surface area contributed by atoms with E-state index in [1.807, 2.05) is 45.3 Å². The molecule has 27 heavy (non-hydrogen) atoms.